The average molecular weight is 516 g/mol. The third kappa shape index (κ3) is 6.39. The Labute approximate surface area is 216 Å². The molecule has 2 aliphatic heterocycles. The fourth-order valence-corrected chi connectivity index (χ4v) is 5.09. The number of anilines is 1. The number of amides is 2. The van der Waals surface area contributed by atoms with Gasteiger partial charge in [-0.25, -0.2) is 4.79 Å². The van der Waals surface area contributed by atoms with E-state index in [0.29, 0.717) is 30.6 Å². The van der Waals surface area contributed by atoms with Crippen molar-refractivity contribution in [3.8, 4) is 5.75 Å². The Kier molecular flexibility index (Phi) is 8.02. The van der Waals surface area contributed by atoms with Crippen molar-refractivity contribution in [3.63, 3.8) is 0 Å². The van der Waals surface area contributed by atoms with Gasteiger partial charge in [0.15, 0.2) is 0 Å². The van der Waals surface area contributed by atoms with Gasteiger partial charge < -0.3 is 19.7 Å². The van der Waals surface area contributed by atoms with Crippen LogP contribution in [0.15, 0.2) is 42.5 Å². The first-order chi connectivity index (χ1) is 17.5. The Bertz CT molecular complexity index is 1120. The number of hydrogen-bond acceptors (Lipinski definition) is 5. The van der Waals surface area contributed by atoms with Crippen LogP contribution < -0.4 is 15.0 Å². The molecule has 0 radical (unpaired) electrons. The van der Waals surface area contributed by atoms with Gasteiger partial charge in [-0.2, -0.15) is 8.78 Å². The van der Waals surface area contributed by atoms with Crippen molar-refractivity contribution in [3.05, 3.63) is 59.2 Å². The van der Waals surface area contributed by atoms with Gasteiger partial charge in [0.2, 0.25) is 5.91 Å². The maximum absolute atomic E-state index is 13.3. The molecule has 2 amide bonds. The van der Waals surface area contributed by atoms with E-state index in [4.69, 9.17) is 9.47 Å². The van der Waals surface area contributed by atoms with Crippen molar-refractivity contribution in [2.75, 3.05) is 18.5 Å². The second kappa shape index (κ2) is 11.0. The maximum atomic E-state index is 13.3. The summed E-state index contributed by atoms with van der Waals surface area (Å²) in [5, 5.41) is 3.50. The van der Waals surface area contributed by atoms with E-state index in [1.54, 1.807) is 29.0 Å². The Morgan fingerprint density at radius 1 is 1.16 bits per heavy atom. The molecule has 1 N–H and O–H groups in total. The number of ether oxygens (including phenoxy) is 2. The summed E-state index contributed by atoms with van der Waals surface area (Å²) in [7, 11) is 1.69. The summed E-state index contributed by atoms with van der Waals surface area (Å²) in [5.74, 6) is 0.0819. The molecule has 37 heavy (non-hydrogen) atoms. The molecule has 2 atom stereocenters. The average Bonchev–Trinajstić information content (AvgIpc) is 2.84. The molecule has 200 valence electrons. The Hall–Kier alpha value is -3.20. The number of nitrogens with zero attached hydrogens (tertiary/aromatic N) is 2. The number of nitrogens with one attached hydrogen (secondary N) is 1. The molecule has 1 saturated heterocycles. The predicted octanol–water partition coefficient (Wildman–Crippen LogP) is 5.43. The SMILES string of the molecule is CN1C(=O)CCc2cc(OC(F)F)c(CN[C@H]3CCCN(C(=O)OC(C)(C)C)[C@H]3c3ccccc3)cc21. The molecule has 7 nitrogen and oxygen atoms in total. The van der Waals surface area contributed by atoms with E-state index in [0.717, 1.165) is 24.0 Å². The number of likely N-dealkylation sites (tertiary alicyclic amines) is 1. The van der Waals surface area contributed by atoms with Gasteiger partial charge in [-0.3, -0.25) is 9.69 Å². The van der Waals surface area contributed by atoms with E-state index in [1.807, 2.05) is 51.1 Å². The number of rotatable bonds is 6. The second-order valence-electron chi connectivity index (χ2n) is 10.6. The molecule has 2 aromatic carbocycles. The number of alkyl halides is 2. The fraction of sp³-hybridized carbons (Fsp3) is 0.500. The van der Waals surface area contributed by atoms with Crippen LogP contribution >= 0.6 is 0 Å². The summed E-state index contributed by atoms with van der Waals surface area (Å²) in [6.07, 6.45) is 1.98. The van der Waals surface area contributed by atoms with Crippen LogP contribution in [0.4, 0.5) is 19.3 Å². The van der Waals surface area contributed by atoms with Crippen LogP contribution in [0.25, 0.3) is 0 Å². The van der Waals surface area contributed by atoms with Crippen LogP contribution in [-0.2, 0) is 22.5 Å². The number of fused-ring (bicyclic) bond motifs is 1. The lowest BCUT2D eigenvalue weighted by molar-refractivity contribution is -0.118. The molecule has 0 spiro atoms. The topological polar surface area (TPSA) is 71.1 Å². The van der Waals surface area contributed by atoms with Crippen molar-refractivity contribution in [1.29, 1.82) is 0 Å². The molecule has 4 rings (SSSR count). The Morgan fingerprint density at radius 2 is 1.89 bits per heavy atom. The predicted molar refractivity (Wildman–Crippen MR) is 137 cm³/mol. The highest BCUT2D eigenvalue weighted by atomic mass is 19.3. The van der Waals surface area contributed by atoms with E-state index < -0.39 is 12.2 Å². The van der Waals surface area contributed by atoms with Gasteiger partial charge in [0, 0.05) is 43.9 Å². The van der Waals surface area contributed by atoms with Crippen molar-refractivity contribution >= 4 is 17.7 Å². The number of carbonyl (C=O) groups is 2. The minimum absolute atomic E-state index is 0.0154. The highest BCUT2D eigenvalue weighted by molar-refractivity contribution is 5.96. The lowest BCUT2D eigenvalue weighted by atomic mass is 9.90. The minimum Gasteiger partial charge on any atom is -0.444 e. The van der Waals surface area contributed by atoms with Gasteiger partial charge >= 0.3 is 12.7 Å². The quantitative estimate of drug-likeness (QED) is 0.556. The lowest BCUT2D eigenvalue weighted by Crippen LogP contribution is -2.51. The smallest absolute Gasteiger partial charge is 0.410 e. The molecule has 2 aromatic rings. The van der Waals surface area contributed by atoms with Crippen LogP contribution in [0.2, 0.25) is 0 Å². The van der Waals surface area contributed by atoms with Crippen LogP contribution in [0.5, 0.6) is 5.75 Å². The van der Waals surface area contributed by atoms with Crippen molar-refractivity contribution in [1.82, 2.24) is 10.2 Å². The van der Waals surface area contributed by atoms with E-state index in [1.165, 1.54) is 0 Å². The van der Waals surface area contributed by atoms with E-state index in [9.17, 15) is 18.4 Å². The monoisotopic (exact) mass is 515 g/mol. The van der Waals surface area contributed by atoms with Crippen LogP contribution in [-0.4, -0.2) is 48.7 Å². The number of piperidine rings is 1. The van der Waals surface area contributed by atoms with E-state index in [-0.39, 0.29) is 36.4 Å². The summed E-state index contributed by atoms with van der Waals surface area (Å²) in [4.78, 5) is 28.7. The zero-order chi connectivity index (χ0) is 26.7. The third-order valence-corrected chi connectivity index (χ3v) is 6.78. The van der Waals surface area contributed by atoms with Gasteiger partial charge in [0.05, 0.1) is 6.04 Å². The van der Waals surface area contributed by atoms with Gasteiger partial charge in [-0.1, -0.05) is 30.3 Å². The molecule has 1 fully saturated rings. The number of benzene rings is 2. The first-order valence-electron chi connectivity index (χ1n) is 12.7. The first-order valence-corrected chi connectivity index (χ1v) is 12.7. The summed E-state index contributed by atoms with van der Waals surface area (Å²) in [5.41, 5.74) is 2.37. The van der Waals surface area contributed by atoms with Crippen LogP contribution in [0, 0.1) is 0 Å². The van der Waals surface area contributed by atoms with Gasteiger partial charge in [-0.15, -0.1) is 0 Å². The molecule has 0 aliphatic carbocycles. The van der Waals surface area contributed by atoms with E-state index in [2.05, 4.69) is 5.32 Å². The van der Waals surface area contributed by atoms with Crippen molar-refractivity contribution in [2.24, 2.45) is 0 Å². The van der Waals surface area contributed by atoms with Gasteiger partial charge in [0.25, 0.3) is 0 Å². The highest BCUT2D eigenvalue weighted by Crippen LogP contribution is 2.36. The zero-order valence-corrected chi connectivity index (χ0v) is 21.8. The molecule has 9 heteroatoms. The van der Waals surface area contributed by atoms with Crippen molar-refractivity contribution in [2.45, 2.75) is 77.3 Å². The second-order valence-corrected chi connectivity index (χ2v) is 10.6. The number of halogens is 2. The maximum Gasteiger partial charge on any atom is 0.410 e. The molecule has 2 aliphatic rings. The summed E-state index contributed by atoms with van der Waals surface area (Å²) >= 11 is 0. The van der Waals surface area contributed by atoms with Gasteiger partial charge in [-0.05, 0) is 63.3 Å². The Balaban J connectivity index is 1.62. The third-order valence-electron chi connectivity index (χ3n) is 6.78. The normalized spacial score (nSPS) is 20.1. The summed E-state index contributed by atoms with van der Waals surface area (Å²) in [6.45, 7) is 3.33. The molecule has 0 aromatic heterocycles. The van der Waals surface area contributed by atoms with Crippen LogP contribution in [0.3, 0.4) is 0 Å². The summed E-state index contributed by atoms with van der Waals surface area (Å²) in [6, 6.07) is 12.7. The van der Waals surface area contributed by atoms with Gasteiger partial charge in [0.1, 0.15) is 11.4 Å². The minimum atomic E-state index is -2.96. The molecule has 2 heterocycles. The fourth-order valence-electron chi connectivity index (χ4n) is 5.09. The lowest BCUT2D eigenvalue weighted by Gasteiger charge is -2.42. The molecular formula is C28H35F2N3O4. The number of carbonyl (C=O) groups excluding carboxylic acids is 2. The number of aryl methyl sites for hydroxylation is 1. The largest absolute Gasteiger partial charge is 0.444 e. The molecule has 0 unspecified atom stereocenters. The standard InChI is InChI=1S/C28H35F2N3O4/c1-28(2,3)37-27(35)33-14-8-11-21(25(33)18-9-6-5-7-10-18)31-17-20-15-22-19(12-13-24(34)32(22)4)16-23(20)36-26(29)30/h5-7,9-10,15-16,21,25-26,31H,8,11-14,17H2,1-4H3/t21-,25-/m0/s1. The molecule has 0 bridgehead atoms. The number of hydrogen-bond donors (Lipinski definition) is 1. The first kappa shape index (κ1) is 26.9. The zero-order valence-electron chi connectivity index (χ0n) is 21.8. The van der Waals surface area contributed by atoms with Crippen LogP contribution in [0.1, 0.15) is 62.8 Å². The molecule has 0 saturated carbocycles. The Morgan fingerprint density at radius 3 is 2.57 bits per heavy atom. The highest BCUT2D eigenvalue weighted by Gasteiger charge is 2.37. The summed E-state index contributed by atoms with van der Waals surface area (Å²) < 4.78 is 37.1. The van der Waals surface area contributed by atoms with E-state index >= 15 is 0 Å². The molecular weight excluding hydrogens is 480 g/mol. The van der Waals surface area contributed by atoms with Crippen molar-refractivity contribution < 1.29 is 27.8 Å².